The number of nitrogens with two attached hydrogens (primary N) is 1. The summed E-state index contributed by atoms with van der Waals surface area (Å²) in [5.41, 5.74) is 5.06. The van der Waals surface area contributed by atoms with E-state index in [1.807, 2.05) is 0 Å². The van der Waals surface area contributed by atoms with Crippen molar-refractivity contribution >= 4 is 17.3 Å². The van der Waals surface area contributed by atoms with Gasteiger partial charge in [0.05, 0.1) is 4.92 Å². The lowest BCUT2D eigenvalue weighted by Gasteiger charge is -2.13. The van der Waals surface area contributed by atoms with Gasteiger partial charge in [0, 0.05) is 12.1 Å². The van der Waals surface area contributed by atoms with Crippen molar-refractivity contribution in [2.75, 3.05) is 5.01 Å². The van der Waals surface area contributed by atoms with Gasteiger partial charge in [-0.25, -0.2) is 10.1 Å². The lowest BCUT2D eigenvalue weighted by molar-refractivity contribution is -0.479. The number of aryl methyl sites for hydroxylation is 1. The van der Waals surface area contributed by atoms with Gasteiger partial charge in [-0.15, -0.1) is 0 Å². The minimum atomic E-state index is -0.908. The van der Waals surface area contributed by atoms with E-state index in [-0.39, 0.29) is 16.4 Å². The number of nitro groups is 2. The fourth-order valence-corrected chi connectivity index (χ4v) is 1.25. The lowest BCUT2D eigenvalue weighted by Crippen LogP contribution is -2.41. The third-order valence-corrected chi connectivity index (χ3v) is 2.02. The second-order valence-corrected chi connectivity index (χ2v) is 3.16. The van der Waals surface area contributed by atoms with E-state index >= 15 is 0 Å². The standard InChI is InChI=1S/C8H9N5O4/c1-5-2-3-6(12(14)15)4-7(5)11(8(9)10)13(16)17/h2-4H,1H3,(H3,9,10). The summed E-state index contributed by atoms with van der Waals surface area (Å²) >= 11 is 0. The van der Waals surface area contributed by atoms with Gasteiger partial charge >= 0.3 is 0 Å². The number of anilines is 1. The van der Waals surface area contributed by atoms with Gasteiger partial charge < -0.3 is 5.73 Å². The first-order valence-electron chi connectivity index (χ1n) is 4.38. The molecule has 0 saturated carbocycles. The number of hydrogen-bond acceptors (Lipinski definition) is 5. The highest BCUT2D eigenvalue weighted by atomic mass is 16.7. The predicted molar refractivity (Wildman–Crippen MR) is 59.2 cm³/mol. The van der Waals surface area contributed by atoms with E-state index in [2.05, 4.69) is 0 Å². The summed E-state index contributed by atoms with van der Waals surface area (Å²) in [6, 6.07) is 3.57. The molecule has 17 heavy (non-hydrogen) atoms. The summed E-state index contributed by atoms with van der Waals surface area (Å²) in [5, 5.41) is 27.7. The van der Waals surface area contributed by atoms with Crippen LogP contribution in [0.25, 0.3) is 0 Å². The number of hydrogen-bond donors (Lipinski definition) is 2. The molecule has 0 atom stereocenters. The highest BCUT2D eigenvalue weighted by Gasteiger charge is 2.25. The van der Waals surface area contributed by atoms with Crippen LogP contribution in [0.3, 0.4) is 0 Å². The monoisotopic (exact) mass is 239 g/mol. The topological polar surface area (TPSA) is 139 Å². The average molecular weight is 239 g/mol. The van der Waals surface area contributed by atoms with Gasteiger partial charge in [-0.3, -0.25) is 15.5 Å². The molecule has 0 unspecified atom stereocenters. The molecular weight excluding hydrogens is 230 g/mol. The Morgan fingerprint density at radius 3 is 2.41 bits per heavy atom. The van der Waals surface area contributed by atoms with Crippen molar-refractivity contribution in [1.82, 2.24) is 0 Å². The second kappa shape index (κ2) is 4.43. The molecule has 3 N–H and O–H groups in total. The fraction of sp³-hybridized carbons (Fsp3) is 0.125. The molecule has 0 aliphatic carbocycles. The Balaban J connectivity index is 3.36. The van der Waals surface area contributed by atoms with E-state index in [9.17, 15) is 20.2 Å². The van der Waals surface area contributed by atoms with Gasteiger partial charge in [-0.1, -0.05) is 6.07 Å². The zero-order chi connectivity index (χ0) is 13.2. The van der Waals surface area contributed by atoms with Gasteiger partial charge in [-0.05, 0) is 17.5 Å². The van der Waals surface area contributed by atoms with Crippen LogP contribution in [0.1, 0.15) is 5.56 Å². The minimum Gasteiger partial charge on any atom is -0.365 e. The lowest BCUT2D eigenvalue weighted by atomic mass is 10.2. The van der Waals surface area contributed by atoms with E-state index in [1.54, 1.807) is 0 Å². The molecule has 1 aromatic carbocycles. The van der Waals surface area contributed by atoms with Crippen molar-refractivity contribution in [3.05, 3.63) is 44.0 Å². The highest BCUT2D eigenvalue weighted by molar-refractivity contribution is 5.91. The van der Waals surface area contributed by atoms with Gasteiger partial charge in [0.15, 0.2) is 5.03 Å². The van der Waals surface area contributed by atoms with Crippen LogP contribution in [0, 0.1) is 32.6 Å². The Morgan fingerprint density at radius 2 is 2.00 bits per heavy atom. The van der Waals surface area contributed by atoms with Gasteiger partial charge in [0.1, 0.15) is 5.69 Å². The largest absolute Gasteiger partial charge is 0.365 e. The second-order valence-electron chi connectivity index (χ2n) is 3.16. The first-order chi connectivity index (χ1) is 7.84. The molecule has 0 aliphatic heterocycles. The summed E-state index contributed by atoms with van der Waals surface area (Å²) in [6.07, 6.45) is 0. The molecule has 0 spiro atoms. The summed E-state index contributed by atoms with van der Waals surface area (Å²) in [4.78, 5) is 20.6. The molecule has 90 valence electrons. The molecule has 1 aromatic rings. The Bertz CT molecular complexity index is 487. The van der Waals surface area contributed by atoms with Crippen LogP contribution in [0.5, 0.6) is 0 Å². The quantitative estimate of drug-likeness (QED) is 0.346. The molecule has 0 bridgehead atoms. The highest BCUT2D eigenvalue weighted by Crippen LogP contribution is 2.25. The molecule has 1 rings (SSSR count). The Morgan fingerprint density at radius 1 is 1.41 bits per heavy atom. The smallest absolute Gasteiger partial charge is 0.271 e. The Hall–Kier alpha value is -2.71. The average Bonchev–Trinajstić information content (AvgIpc) is 2.19. The first kappa shape index (κ1) is 12.4. The van der Waals surface area contributed by atoms with Crippen molar-refractivity contribution in [1.29, 1.82) is 5.41 Å². The van der Waals surface area contributed by atoms with E-state index < -0.39 is 15.9 Å². The molecule has 9 heteroatoms. The van der Waals surface area contributed by atoms with Crippen molar-refractivity contribution < 1.29 is 9.96 Å². The van der Waals surface area contributed by atoms with Crippen LogP contribution >= 0.6 is 0 Å². The number of nitrogens with one attached hydrogen (secondary N) is 1. The Labute approximate surface area is 95.2 Å². The number of nitrogens with zero attached hydrogens (tertiary/aromatic N) is 3. The molecule has 0 aromatic heterocycles. The summed E-state index contributed by atoms with van der Waals surface area (Å²) in [5.74, 6) is -0.821. The third-order valence-electron chi connectivity index (χ3n) is 2.02. The molecule has 0 fully saturated rings. The van der Waals surface area contributed by atoms with Crippen LogP contribution in [0.15, 0.2) is 18.2 Å². The van der Waals surface area contributed by atoms with E-state index in [4.69, 9.17) is 11.1 Å². The maximum Gasteiger partial charge on any atom is 0.271 e. The molecule has 0 radical (unpaired) electrons. The predicted octanol–water partition coefficient (Wildman–Crippen LogP) is 0.795. The maximum absolute atomic E-state index is 10.7. The normalized spacial score (nSPS) is 9.71. The number of rotatable bonds is 3. The van der Waals surface area contributed by atoms with Crippen LogP contribution in [-0.4, -0.2) is 15.9 Å². The van der Waals surface area contributed by atoms with Crippen molar-refractivity contribution in [2.24, 2.45) is 5.73 Å². The van der Waals surface area contributed by atoms with Gasteiger partial charge in [0.2, 0.25) is 0 Å². The van der Waals surface area contributed by atoms with E-state index in [1.165, 1.54) is 19.1 Å². The SMILES string of the molecule is Cc1ccc([N+](=O)[O-])cc1N(C(=N)N)[N+](=O)[O-]. The van der Waals surface area contributed by atoms with Gasteiger partial charge in [0.25, 0.3) is 11.6 Å². The molecule has 0 amide bonds. The number of hydrazine groups is 1. The van der Waals surface area contributed by atoms with Crippen LogP contribution in [0.4, 0.5) is 11.4 Å². The molecule has 0 aliphatic rings. The zero-order valence-corrected chi connectivity index (χ0v) is 8.78. The number of guanidine groups is 1. The molecular formula is C8H9N5O4. The number of non-ortho nitro benzene ring substituents is 1. The van der Waals surface area contributed by atoms with Crippen LogP contribution in [-0.2, 0) is 0 Å². The van der Waals surface area contributed by atoms with Crippen molar-refractivity contribution in [2.45, 2.75) is 6.92 Å². The van der Waals surface area contributed by atoms with Crippen molar-refractivity contribution in [3.8, 4) is 0 Å². The minimum absolute atomic E-state index is 0.100. The number of benzene rings is 1. The van der Waals surface area contributed by atoms with Crippen LogP contribution < -0.4 is 10.7 Å². The zero-order valence-electron chi connectivity index (χ0n) is 8.78. The molecule has 0 saturated heterocycles. The molecule has 9 nitrogen and oxygen atoms in total. The van der Waals surface area contributed by atoms with Gasteiger partial charge in [-0.2, -0.15) is 0 Å². The van der Waals surface area contributed by atoms with Crippen LogP contribution in [0.2, 0.25) is 0 Å². The fourth-order valence-electron chi connectivity index (χ4n) is 1.25. The first-order valence-corrected chi connectivity index (χ1v) is 4.38. The van der Waals surface area contributed by atoms with E-state index in [0.717, 1.165) is 6.07 Å². The summed E-state index contributed by atoms with van der Waals surface area (Å²) in [7, 11) is 0. The van der Waals surface area contributed by atoms with E-state index in [0.29, 0.717) is 5.56 Å². The maximum atomic E-state index is 10.7. The third kappa shape index (κ3) is 2.45. The molecule has 0 heterocycles. The number of nitro benzene ring substituents is 1. The summed E-state index contributed by atoms with van der Waals surface area (Å²) < 4.78 is 0. The Kier molecular flexibility index (Phi) is 3.22. The summed E-state index contributed by atoms with van der Waals surface area (Å²) in [6.45, 7) is 1.53. The van der Waals surface area contributed by atoms with Crippen molar-refractivity contribution in [3.63, 3.8) is 0 Å².